The number of hydrogen-bond donors (Lipinski definition) is 0. The predicted octanol–water partition coefficient (Wildman–Crippen LogP) is 11.9. The van der Waals surface area contributed by atoms with Crippen LogP contribution in [0.4, 0.5) is 0 Å². The van der Waals surface area contributed by atoms with Crippen molar-refractivity contribution in [2.75, 3.05) is 0 Å². The first-order chi connectivity index (χ1) is 21.4. The number of para-hydroxylation sites is 2. The monoisotopic (exact) mass is 563 g/mol. The zero-order valence-electron chi connectivity index (χ0n) is 22.9. The Morgan fingerprint density at radius 1 is 0.465 bits per heavy atom. The van der Waals surface area contributed by atoms with E-state index in [-0.39, 0.29) is 0 Å². The van der Waals surface area contributed by atoms with Crippen molar-refractivity contribution in [1.29, 1.82) is 0 Å². The van der Waals surface area contributed by atoms with Gasteiger partial charge >= 0.3 is 0 Å². The minimum atomic E-state index is 0.932. The third-order valence-corrected chi connectivity index (χ3v) is 10.7. The van der Waals surface area contributed by atoms with Crippen molar-refractivity contribution >= 4 is 86.0 Å². The van der Waals surface area contributed by atoms with Gasteiger partial charge in [-0.15, -0.1) is 11.3 Å². The van der Waals surface area contributed by atoms with Gasteiger partial charge in [0.2, 0.25) is 0 Å². The molecule has 3 aromatic heterocycles. The van der Waals surface area contributed by atoms with Crippen LogP contribution in [0.25, 0.3) is 103 Å². The summed E-state index contributed by atoms with van der Waals surface area (Å²) in [5.74, 6) is 0. The van der Waals surface area contributed by atoms with Gasteiger partial charge in [-0.25, -0.2) is 0 Å². The molecule has 2 nitrogen and oxygen atoms in total. The highest BCUT2D eigenvalue weighted by Crippen LogP contribution is 2.52. The molecule has 3 heteroatoms. The average Bonchev–Trinajstić information content (AvgIpc) is 3.80. The van der Waals surface area contributed by atoms with Crippen LogP contribution in [0.5, 0.6) is 0 Å². The third-order valence-electron chi connectivity index (χ3n) is 9.52. The Labute approximate surface area is 249 Å². The molecule has 1 aliphatic carbocycles. The molecule has 0 bridgehead atoms. The van der Waals surface area contributed by atoms with Crippen LogP contribution in [0.1, 0.15) is 0 Å². The summed E-state index contributed by atoms with van der Waals surface area (Å²) in [6.07, 6.45) is 0. The molecule has 10 aromatic rings. The topological polar surface area (TPSA) is 18.1 Å². The SMILES string of the molecule is c1ccc2c(c1)-c1cccc3c(-n4c5ccccc5c5c6oc7ccccc7c6c6c7ccccc7sc6c54)ccc-2c13. The van der Waals surface area contributed by atoms with E-state index in [1.54, 1.807) is 0 Å². The largest absolute Gasteiger partial charge is 0.455 e. The van der Waals surface area contributed by atoms with E-state index in [0.29, 0.717) is 0 Å². The van der Waals surface area contributed by atoms with Crippen LogP contribution in [0, 0.1) is 0 Å². The van der Waals surface area contributed by atoms with Gasteiger partial charge in [-0.05, 0) is 51.9 Å². The molecule has 0 atom stereocenters. The lowest BCUT2D eigenvalue weighted by Crippen LogP contribution is -1.96. The van der Waals surface area contributed by atoms with Crippen molar-refractivity contribution in [2.45, 2.75) is 0 Å². The van der Waals surface area contributed by atoms with Crippen molar-refractivity contribution in [3.63, 3.8) is 0 Å². The van der Waals surface area contributed by atoms with Gasteiger partial charge in [0.05, 0.1) is 26.8 Å². The molecular weight excluding hydrogens is 543 g/mol. The molecule has 0 amide bonds. The summed E-state index contributed by atoms with van der Waals surface area (Å²) >= 11 is 1.89. The lowest BCUT2D eigenvalue weighted by atomic mass is 10.0. The zero-order chi connectivity index (χ0) is 27.8. The first kappa shape index (κ1) is 22.2. The zero-order valence-corrected chi connectivity index (χ0v) is 23.7. The summed E-state index contributed by atoms with van der Waals surface area (Å²) in [7, 11) is 0. The first-order valence-electron chi connectivity index (χ1n) is 14.7. The van der Waals surface area contributed by atoms with Crippen molar-refractivity contribution in [1.82, 2.24) is 4.57 Å². The maximum absolute atomic E-state index is 6.82. The number of hydrogen-bond acceptors (Lipinski definition) is 2. The van der Waals surface area contributed by atoms with Crippen molar-refractivity contribution in [3.8, 4) is 27.9 Å². The van der Waals surface area contributed by atoms with Gasteiger partial charge in [0, 0.05) is 37.0 Å². The number of nitrogens with zero attached hydrogens (tertiary/aromatic N) is 1. The van der Waals surface area contributed by atoms with E-state index in [9.17, 15) is 0 Å². The Morgan fingerprint density at radius 3 is 2.02 bits per heavy atom. The highest BCUT2D eigenvalue weighted by atomic mass is 32.1. The Balaban J connectivity index is 1.42. The molecular formula is C40H21NOS. The number of fused-ring (bicyclic) bond motifs is 15. The molecule has 0 spiro atoms. The molecule has 0 fully saturated rings. The van der Waals surface area contributed by atoms with Gasteiger partial charge in [-0.2, -0.15) is 0 Å². The summed E-state index contributed by atoms with van der Waals surface area (Å²) in [4.78, 5) is 0. The van der Waals surface area contributed by atoms with E-state index in [0.717, 1.165) is 11.2 Å². The van der Waals surface area contributed by atoms with E-state index in [1.807, 2.05) is 11.3 Å². The second-order valence-electron chi connectivity index (χ2n) is 11.6. The van der Waals surface area contributed by atoms with E-state index in [1.165, 1.54) is 91.5 Å². The van der Waals surface area contributed by atoms with Crippen LogP contribution >= 0.6 is 11.3 Å². The highest BCUT2D eigenvalue weighted by Gasteiger charge is 2.27. The number of aromatic nitrogens is 1. The minimum absolute atomic E-state index is 0.932. The average molecular weight is 564 g/mol. The molecule has 0 aliphatic heterocycles. The summed E-state index contributed by atoms with van der Waals surface area (Å²) < 4.78 is 11.9. The lowest BCUT2D eigenvalue weighted by molar-refractivity contribution is 0.673. The Kier molecular flexibility index (Phi) is 3.99. The van der Waals surface area contributed by atoms with E-state index in [4.69, 9.17) is 4.42 Å². The standard InChI is InChI=1S/C40H21NOS/c1-2-11-23-22(10-1)24-15-9-16-26-31(21-20-25(23)34(24)26)41-30-17-6-3-12-27(30)37-38(41)40-36(29-14-5-8-19-33(29)43-40)35-28-13-4-7-18-32(28)42-39(35)37/h1-21H. The molecule has 0 N–H and O–H groups in total. The summed E-state index contributed by atoms with van der Waals surface area (Å²) in [6, 6.07) is 46.4. The Morgan fingerprint density at radius 2 is 1.14 bits per heavy atom. The number of rotatable bonds is 1. The van der Waals surface area contributed by atoms with Gasteiger partial charge in [-0.1, -0.05) is 103 Å². The summed E-state index contributed by atoms with van der Waals surface area (Å²) in [6.45, 7) is 0. The molecule has 3 heterocycles. The summed E-state index contributed by atoms with van der Waals surface area (Å²) in [5.41, 5.74) is 10.8. The predicted molar refractivity (Wildman–Crippen MR) is 183 cm³/mol. The first-order valence-corrected chi connectivity index (χ1v) is 15.5. The van der Waals surface area contributed by atoms with Gasteiger partial charge in [0.25, 0.3) is 0 Å². The second kappa shape index (κ2) is 7.71. The second-order valence-corrected chi connectivity index (χ2v) is 12.6. The normalized spacial score (nSPS) is 12.7. The van der Waals surface area contributed by atoms with Crippen LogP contribution in [-0.2, 0) is 0 Å². The molecule has 0 radical (unpaired) electrons. The van der Waals surface area contributed by atoms with Crippen molar-refractivity contribution in [2.24, 2.45) is 0 Å². The Hall–Kier alpha value is -5.38. The molecule has 7 aromatic carbocycles. The molecule has 0 saturated carbocycles. The number of benzene rings is 7. The van der Waals surface area contributed by atoms with Crippen LogP contribution < -0.4 is 0 Å². The van der Waals surface area contributed by atoms with Gasteiger partial charge in [0.1, 0.15) is 11.2 Å². The molecule has 198 valence electrons. The van der Waals surface area contributed by atoms with E-state index >= 15 is 0 Å². The quantitative estimate of drug-likeness (QED) is 0.194. The molecule has 1 aliphatic rings. The fourth-order valence-electron chi connectivity index (χ4n) is 7.85. The van der Waals surface area contributed by atoms with Gasteiger partial charge in [0.15, 0.2) is 0 Å². The maximum atomic E-state index is 6.82. The van der Waals surface area contributed by atoms with Gasteiger partial charge in [-0.3, -0.25) is 0 Å². The molecule has 11 rings (SSSR count). The maximum Gasteiger partial charge on any atom is 0.146 e. The van der Waals surface area contributed by atoms with Crippen LogP contribution in [-0.4, -0.2) is 4.57 Å². The van der Waals surface area contributed by atoms with Crippen molar-refractivity contribution < 1.29 is 4.42 Å². The van der Waals surface area contributed by atoms with Crippen LogP contribution in [0.15, 0.2) is 132 Å². The van der Waals surface area contributed by atoms with E-state index < -0.39 is 0 Å². The molecule has 0 saturated heterocycles. The fourth-order valence-corrected chi connectivity index (χ4v) is 9.10. The lowest BCUT2D eigenvalue weighted by Gasteiger charge is -2.14. The molecule has 43 heavy (non-hydrogen) atoms. The highest BCUT2D eigenvalue weighted by molar-refractivity contribution is 7.27. The minimum Gasteiger partial charge on any atom is -0.455 e. The number of thiophene rings is 1. The number of furan rings is 1. The molecule has 0 unspecified atom stereocenters. The third kappa shape index (κ3) is 2.61. The summed E-state index contributed by atoms with van der Waals surface area (Å²) in [5, 5.41) is 9.98. The smallest absolute Gasteiger partial charge is 0.146 e. The van der Waals surface area contributed by atoms with Gasteiger partial charge < -0.3 is 8.98 Å². The Bertz CT molecular complexity index is 2810. The van der Waals surface area contributed by atoms with Crippen molar-refractivity contribution in [3.05, 3.63) is 127 Å². The fraction of sp³-hybridized carbons (Fsp3) is 0. The van der Waals surface area contributed by atoms with Crippen LogP contribution in [0.2, 0.25) is 0 Å². The van der Waals surface area contributed by atoms with E-state index in [2.05, 4.69) is 132 Å². The van der Waals surface area contributed by atoms with Crippen LogP contribution in [0.3, 0.4) is 0 Å².